The molecule has 4 rings (SSSR count). The topological polar surface area (TPSA) is 0 Å². The number of allylic oxidation sites excluding steroid dienone is 16. The van der Waals surface area contributed by atoms with Gasteiger partial charge in [0, 0.05) is 17.3 Å². The first kappa shape index (κ1) is 12.6. The maximum Gasteiger partial charge on any atom is 0.0207 e. The highest BCUT2D eigenvalue weighted by Crippen LogP contribution is 2.46. The molecule has 0 nitrogen and oxygen atoms in total. The zero-order valence-corrected chi connectivity index (χ0v) is 12.6. The van der Waals surface area contributed by atoms with E-state index in [1.807, 2.05) is 0 Å². The molecule has 0 saturated heterocycles. The fraction of sp³-hybridized carbons (Fsp3) is 0.238. The lowest BCUT2D eigenvalue weighted by molar-refractivity contribution is 0.566. The van der Waals surface area contributed by atoms with Gasteiger partial charge in [0.05, 0.1) is 0 Å². The lowest BCUT2D eigenvalue weighted by Gasteiger charge is -2.26. The van der Waals surface area contributed by atoms with E-state index in [0.717, 1.165) is 0 Å². The number of rotatable bonds is 2. The number of fused-ring (bicyclic) bond motifs is 2. The maximum absolute atomic E-state index is 2.42. The molecule has 0 N–H and O–H groups in total. The molecule has 0 amide bonds. The van der Waals surface area contributed by atoms with Crippen LogP contribution in [0.25, 0.3) is 0 Å². The Morgan fingerprint density at radius 1 is 0.714 bits per heavy atom. The van der Waals surface area contributed by atoms with Gasteiger partial charge in [-0.15, -0.1) is 0 Å². The van der Waals surface area contributed by atoms with E-state index in [1.165, 1.54) is 22.3 Å². The summed E-state index contributed by atoms with van der Waals surface area (Å²) in [6.07, 6.45) is 27.2. The molecule has 0 aromatic heterocycles. The van der Waals surface area contributed by atoms with Crippen LogP contribution in [0.3, 0.4) is 0 Å². The zero-order valence-electron chi connectivity index (χ0n) is 12.6. The van der Waals surface area contributed by atoms with E-state index in [1.54, 1.807) is 0 Å². The predicted octanol–water partition coefficient (Wildman–Crippen LogP) is 5.23. The van der Waals surface area contributed by atoms with Crippen molar-refractivity contribution < 1.29 is 0 Å². The first-order chi connectivity index (χ1) is 10.1. The van der Waals surface area contributed by atoms with Crippen LogP contribution < -0.4 is 0 Å². The third-order valence-corrected chi connectivity index (χ3v) is 5.01. The molecule has 0 bridgehead atoms. The van der Waals surface area contributed by atoms with Gasteiger partial charge in [-0.25, -0.2) is 0 Å². The second-order valence-electron chi connectivity index (χ2n) is 6.70. The summed E-state index contributed by atoms with van der Waals surface area (Å²) in [5.74, 6) is 0.946. The summed E-state index contributed by atoms with van der Waals surface area (Å²) in [6.45, 7) is 4.68. The molecule has 0 heterocycles. The van der Waals surface area contributed by atoms with Crippen LogP contribution in [0.4, 0.5) is 0 Å². The molecule has 0 radical (unpaired) electrons. The predicted molar refractivity (Wildman–Crippen MR) is 89.7 cm³/mol. The number of hydrogen-bond acceptors (Lipinski definition) is 0. The van der Waals surface area contributed by atoms with Crippen LogP contribution in [0.5, 0.6) is 0 Å². The Balaban J connectivity index is 1.69. The summed E-state index contributed by atoms with van der Waals surface area (Å²) in [5.41, 5.74) is 5.78. The Kier molecular flexibility index (Phi) is 2.68. The standard InChI is InChI=1S/C21H20/c1-21(2,19-11-15-7-3-4-8-16(15)12-19)20-13-17-9-5-6-10-18(17)14-20/h3-15,17H,1-2H3. The van der Waals surface area contributed by atoms with Gasteiger partial charge in [0.15, 0.2) is 0 Å². The minimum atomic E-state index is 0.0675. The normalized spacial score (nSPS) is 28.9. The Bertz CT molecular complexity index is 662. The largest absolute Gasteiger partial charge is 0.0732 e. The highest BCUT2D eigenvalue weighted by Gasteiger charge is 2.33. The fourth-order valence-electron chi connectivity index (χ4n) is 3.52. The molecule has 0 fully saturated rings. The van der Waals surface area contributed by atoms with Crippen molar-refractivity contribution in [2.75, 3.05) is 0 Å². The molecule has 0 aliphatic heterocycles. The van der Waals surface area contributed by atoms with Crippen molar-refractivity contribution in [2.24, 2.45) is 17.3 Å². The van der Waals surface area contributed by atoms with Crippen molar-refractivity contribution in [2.45, 2.75) is 13.8 Å². The molecule has 2 atom stereocenters. The van der Waals surface area contributed by atoms with Crippen LogP contribution >= 0.6 is 0 Å². The first-order valence-corrected chi connectivity index (χ1v) is 7.72. The third-order valence-electron chi connectivity index (χ3n) is 5.01. The molecule has 4 aliphatic carbocycles. The summed E-state index contributed by atoms with van der Waals surface area (Å²) in [5, 5.41) is 0. The molecule has 21 heavy (non-hydrogen) atoms. The molecule has 104 valence electrons. The average Bonchev–Trinajstić information content (AvgIpc) is 3.11. The Hall–Kier alpha value is -2.08. The van der Waals surface area contributed by atoms with Crippen molar-refractivity contribution in [1.29, 1.82) is 0 Å². The van der Waals surface area contributed by atoms with Crippen LogP contribution in [0.1, 0.15) is 13.8 Å². The molecule has 0 spiro atoms. The van der Waals surface area contributed by atoms with Crippen molar-refractivity contribution in [3.63, 3.8) is 0 Å². The van der Waals surface area contributed by atoms with Crippen molar-refractivity contribution >= 4 is 0 Å². The van der Waals surface area contributed by atoms with Crippen LogP contribution in [0.15, 0.2) is 95.2 Å². The average molecular weight is 272 g/mol. The van der Waals surface area contributed by atoms with Crippen molar-refractivity contribution in [3.05, 3.63) is 95.2 Å². The summed E-state index contributed by atoms with van der Waals surface area (Å²) in [6, 6.07) is 0. The molecular weight excluding hydrogens is 252 g/mol. The van der Waals surface area contributed by atoms with Gasteiger partial charge in [0.2, 0.25) is 0 Å². The molecule has 0 aromatic rings. The first-order valence-electron chi connectivity index (χ1n) is 7.72. The van der Waals surface area contributed by atoms with Crippen LogP contribution in [0, 0.1) is 17.3 Å². The van der Waals surface area contributed by atoms with E-state index in [-0.39, 0.29) is 5.41 Å². The lowest BCUT2D eigenvalue weighted by atomic mass is 9.77. The van der Waals surface area contributed by atoms with E-state index in [0.29, 0.717) is 11.8 Å². The summed E-state index contributed by atoms with van der Waals surface area (Å²) >= 11 is 0. The van der Waals surface area contributed by atoms with Crippen LogP contribution in [0.2, 0.25) is 0 Å². The van der Waals surface area contributed by atoms with E-state index >= 15 is 0 Å². The summed E-state index contributed by atoms with van der Waals surface area (Å²) < 4.78 is 0. The monoisotopic (exact) mass is 272 g/mol. The third kappa shape index (κ3) is 1.98. The quantitative estimate of drug-likeness (QED) is 0.645. The molecule has 4 aliphatic rings. The van der Waals surface area contributed by atoms with Gasteiger partial charge in [-0.1, -0.05) is 86.8 Å². The van der Waals surface area contributed by atoms with E-state index < -0.39 is 0 Å². The van der Waals surface area contributed by atoms with Crippen LogP contribution in [-0.2, 0) is 0 Å². The Morgan fingerprint density at radius 2 is 1.19 bits per heavy atom. The Morgan fingerprint density at radius 3 is 1.62 bits per heavy atom. The van der Waals surface area contributed by atoms with Crippen LogP contribution in [-0.4, -0.2) is 0 Å². The molecule has 0 saturated carbocycles. The highest BCUT2D eigenvalue weighted by molar-refractivity contribution is 5.56. The number of hydrogen-bond donors (Lipinski definition) is 0. The smallest absolute Gasteiger partial charge is 0.0207 e. The minimum absolute atomic E-state index is 0.0675. The summed E-state index contributed by atoms with van der Waals surface area (Å²) in [4.78, 5) is 0. The van der Waals surface area contributed by atoms with Gasteiger partial charge in [-0.2, -0.15) is 0 Å². The zero-order chi connectivity index (χ0) is 14.4. The Labute approximate surface area is 126 Å². The van der Waals surface area contributed by atoms with Gasteiger partial charge < -0.3 is 0 Å². The van der Waals surface area contributed by atoms with Crippen molar-refractivity contribution in [3.8, 4) is 0 Å². The molecule has 2 unspecified atom stereocenters. The fourth-order valence-corrected chi connectivity index (χ4v) is 3.52. The minimum Gasteiger partial charge on any atom is -0.0732 e. The van der Waals surface area contributed by atoms with E-state index in [9.17, 15) is 0 Å². The van der Waals surface area contributed by atoms with Gasteiger partial charge in [0.25, 0.3) is 0 Å². The van der Waals surface area contributed by atoms with Gasteiger partial charge >= 0.3 is 0 Å². The highest BCUT2D eigenvalue weighted by atomic mass is 14.4. The molecule has 0 aromatic carbocycles. The van der Waals surface area contributed by atoms with E-state index in [2.05, 4.69) is 86.8 Å². The second kappa shape index (κ2) is 4.46. The summed E-state index contributed by atoms with van der Waals surface area (Å²) in [7, 11) is 0. The maximum atomic E-state index is 2.42. The molecule has 0 heteroatoms. The van der Waals surface area contributed by atoms with Crippen molar-refractivity contribution in [1.82, 2.24) is 0 Å². The second-order valence-corrected chi connectivity index (χ2v) is 6.70. The van der Waals surface area contributed by atoms with Gasteiger partial charge in [-0.3, -0.25) is 0 Å². The van der Waals surface area contributed by atoms with Gasteiger partial charge in [0.1, 0.15) is 0 Å². The van der Waals surface area contributed by atoms with E-state index in [4.69, 9.17) is 0 Å². The SMILES string of the molecule is CC(C)(C1=CC2C=CC=CC2=C1)C1=CC2C=CC=CC2=C1. The lowest BCUT2D eigenvalue weighted by Crippen LogP contribution is -2.15. The van der Waals surface area contributed by atoms with Gasteiger partial charge in [-0.05, 0) is 22.3 Å². The molecular formula is C21H20.